The minimum Gasteiger partial charge on any atom is -0.377 e. The van der Waals surface area contributed by atoms with E-state index >= 15 is 0 Å². The van der Waals surface area contributed by atoms with Crippen molar-refractivity contribution in [1.29, 1.82) is 0 Å². The number of pyridine rings is 2. The molecule has 5 heterocycles. The second kappa shape index (κ2) is 10.1. The van der Waals surface area contributed by atoms with Gasteiger partial charge in [-0.15, -0.1) is 0 Å². The highest BCUT2D eigenvalue weighted by Crippen LogP contribution is 2.42. The number of aromatic amines is 1. The lowest BCUT2D eigenvalue weighted by Crippen LogP contribution is -2.45. The van der Waals surface area contributed by atoms with Gasteiger partial charge in [-0.3, -0.25) is 14.5 Å². The number of fused-ring (bicyclic) bond motifs is 1. The van der Waals surface area contributed by atoms with E-state index in [1.165, 1.54) is 25.7 Å². The Hall–Kier alpha value is -3.24. The van der Waals surface area contributed by atoms with Crippen LogP contribution in [0.25, 0.3) is 33.8 Å². The zero-order valence-electron chi connectivity index (χ0n) is 21.9. The van der Waals surface area contributed by atoms with Gasteiger partial charge in [-0.05, 0) is 50.7 Å². The van der Waals surface area contributed by atoms with Crippen LogP contribution in [-0.4, -0.2) is 55.5 Å². The molecular formula is C27H32ClN7O3. The van der Waals surface area contributed by atoms with Crippen molar-refractivity contribution in [3.05, 3.63) is 40.1 Å². The Balaban J connectivity index is 1.61. The van der Waals surface area contributed by atoms with Crippen LogP contribution in [0.3, 0.4) is 0 Å². The van der Waals surface area contributed by atoms with Crippen LogP contribution in [-0.2, 0) is 4.74 Å². The maximum Gasteiger partial charge on any atom is 0.439 e. The van der Waals surface area contributed by atoms with Gasteiger partial charge in [0.25, 0.3) is 0 Å². The summed E-state index contributed by atoms with van der Waals surface area (Å²) in [5, 5.41) is 4.40. The van der Waals surface area contributed by atoms with E-state index in [1.807, 2.05) is 12.1 Å². The number of imidazole rings is 1. The largest absolute Gasteiger partial charge is 0.439 e. The Labute approximate surface area is 225 Å². The molecule has 0 spiro atoms. The van der Waals surface area contributed by atoms with Crippen molar-refractivity contribution in [2.45, 2.75) is 58.5 Å². The molecule has 11 heteroatoms. The first-order valence-electron chi connectivity index (χ1n) is 13.3. The summed E-state index contributed by atoms with van der Waals surface area (Å²) in [4.78, 5) is 31.2. The predicted molar refractivity (Wildman–Crippen MR) is 145 cm³/mol. The van der Waals surface area contributed by atoms with Crippen LogP contribution in [0.2, 0.25) is 5.02 Å². The average molecular weight is 538 g/mol. The van der Waals surface area contributed by atoms with E-state index < -0.39 is 5.76 Å². The van der Waals surface area contributed by atoms with E-state index in [2.05, 4.69) is 45.4 Å². The molecule has 0 radical (unpaired) electrons. The van der Waals surface area contributed by atoms with Gasteiger partial charge in [0.15, 0.2) is 0 Å². The number of nitrogens with one attached hydrogen (secondary N) is 1. The number of rotatable bonds is 5. The molecule has 0 aromatic carbocycles. The highest BCUT2D eigenvalue weighted by Gasteiger charge is 2.33. The van der Waals surface area contributed by atoms with Crippen molar-refractivity contribution in [1.82, 2.24) is 29.7 Å². The maximum absolute atomic E-state index is 11.7. The molecule has 2 aliphatic rings. The normalized spacial score (nSPS) is 23.2. The Morgan fingerprint density at radius 2 is 1.95 bits per heavy atom. The van der Waals surface area contributed by atoms with Crippen molar-refractivity contribution >= 4 is 28.6 Å². The number of nitrogens with zero attached hydrogens (tertiary/aromatic N) is 6. The molecule has 1 N–H and O–H groups in total. The van der Waals surface area contributed by atoms with Gasteiger partial charge >= 0.3 is 5.76 Å². The zero-order valence-corrected chi connectivity index (χ0v) is 22.6. The smallest absolute Gasteiger partial charge is 0.377 e. The van der Waals surface area contributed by atoms with E-state index in [9.17, 15) is 4.79 Å². The number of morpholine rings is 1. The second-order valence-corrected chi connectivity index (χ2v) is 11.2. The van der Waals surface area contributed by atoms with Crippen LogP contribution in [0.5, 0.6) is 0 Å². The van der Waals surface area contributed by atoms with Crippen LogP contribution in [0.1, 0.15) is 52.5 Å². The van der Waals surface area contributed by atoms with Crippen LogP contribution < -0.4 is 10.7 Å². The maximum atomic E-state index is 11.7. The summed E-state index contributed by atoms with van der Waals surface area (Å²) >= 11 is 6.38. The van der Waals surface area contributed by atoms with Gasteiger partial charge in [0, 0.05) is 30.5 Å². The Kier molecular flexibility index (Phi) is 6.69. The fraction of sp³-hybridized carbons (Fsp3) is 0.519. The standard InChI is InChI=1S/C27H32ClN7O3/c1-15-4-6-18(7-5-15)17(3)35-24-21(31-26(35)34-8-9-37-14-16(34)2)11-22(25-32-27(36)38-33-25)30-23(24)19-10-20(28)13-29-12-19/h10-13,15-18H,4-9,14H2,1-3H3,(H,32,33,36)/t15?,16-,17?,18?/m0/s1. The summed E-state index contributed by atoms with van der Waals surface area (Å²) < 4.78 is 12.9. The molecular weight excluding hydrogens is 506 g/mol. The van der Waals surface area contributed by atoms with Gasteiger partial charge in [-0.2, -0.15) is 0 Å². The minimum atomic E-state index is -0.638. The van der Waals surface area contributed by atoms with Crippen LogP contribution in [0, 0.1) is 11.8 Å². The second-order valence-electron chi connectivity index (χ2n) is 10.7. The summed E-state index contributed by atoms with van der Waals surface area (Å²) in [5.74, 6) is 1.81. The molecule has 0 amide bonds. The molecule has 2 fully saturated rings. The Morgan fingerprint density at radius 3 is 2.66 bits per heavy atom. The fourth-order valence-corrected chi connectivity index (χ4v) is 6.08. The molecule has 38 heavy (non-hydrogen) atoms. The van der Waals surface area contributed by atoms with Crippen LogP contribution in [0.15, 0.2) is 33.8 Å². The van der Waals surface area contributed by atoms with Gasteiger partial charge in [0.05, 0.1) is 41.0 Å². The van der Waals surface area contributed by atoms with Crippen molar-refractivity contribution in [3.8, 4) is 22.8 Å². The highest BCUT2D eigenvalue weighted by atomic mass is 35.5. The quantitative estimate of drug-likeness (QED) is 0.374. The third-order valence-corrected chi connectivity index (χ3v) is 8.29. The van der Waals surface area contributed by atoms with Crippen molar-refractivity contribution in [2.75, 3.05) is 24.7 Å². The summed E-state index contributed by atoms with van der Waals surface area (Å²) in [6.07, 6.45) is 8.19. The molecule has 1 aliphatic carbocycles. The molecule has 200 valence electrons. The third-order valence-electron chi connectivity index (χ3n) is 8.09. The molecule has 1 unspecified atom stereocenters. The first-order valence-corrected chi connectivity index (χ1v) is 13.7. The lowest BCUT2D eigenvalue weighted by atomic mass is 9.79. The van der Waals surface area contributed by atoms with Crippen molar-refractivity contribution < 1.29 is 9.26 Å². The summed E-state index contributed by atoms with van der Waals surface area (Å²) in [6.45, 7) is 8.87. The number of hydrogen-bond donors (Lipinski definition) is 1. The van der Waals surface area contributed by atoms with E-state index in [0.717, 1.165) is 35.0 Å². The first kappa shape index (κ1) is 25.1. The molecule has 10 nitrogen and oxygen atoms in total. The fourth-order valence-electron chi connectivity index (χ4n) is 5.91. The van der Waals surface area contributed by atoms with Gasteiger partial charge < -0.3 is 14.2 Å². The summed E-state index contributed by atoms with van der Waals surface area (Å²) in [5.41, 5.74) is 3.60. The number of hydrogen-bond acceptors (Lipinski definition) is 8. The molecule has 0 bridgehead atoms. The predicted octanol–water partition coefficient (Wildman–Crippen LogP) is 5.10. The van der Waals surface area contributed by atoms with Crippen LogP contribution >= 0.6 is 11.6 Å². The molecule has 4 aromatic heterocycles. The Morgan fingerprint density at radius 1 is 1.13 bits per heavy atom. The zero-order chi connectivity index (χ0) is 26.4. The van der Waals surface area contributed by atoms with E-state index in [0.29, 0.717) is 35.5 Å². The lowest BCUT2D eigenvalue weighted by Gasteiger charge is -2.38. The molecule has 2 atom stereocenters. The number of aromatic nitrogens is 6. The topological polar surface area (TPSA) is 115 Å². The van der Waals surface area contributed by atoms with Crippen molar-refractivity contribution in [3.63, 3.8) is 0 Å². The van der Waals surface area contributed by atoms with E-state index in [4.69, 9.17) is 30.8 Å². The van der Waals surface area contributed by atoms with Gasteiger partial charge in [0.1, 0.15) is 5.69 Å². The molecule has 4 aromatic rings. The van der Waals surface area contributed by atoms with Crippen LogP contribution in [0.4, 0.5) is 5.95 Å². The number of anilines is 1. The van der Waals surface area contributed by atoms with Gasteiger partial charge in [0.2, 0.25) is 11.8 Å². The average Bonchev–Trinajstić information content (AvgIpc) is 3.52. The molecule has 1 aliphatic heterocycles. The highest BCUT2D eigenvalue weighted by molar-refractivity contribution is 6.30. The lowest BCUT2D eigenvalue weighted by molar-refractivity contribution is 0.0972. The summed E-state index contributed by atoms with van der Waals surface area (Å²) in [6, 6.07) is 4.09. The molecule has 6 rings (SSSR count). The SMILES string of the molecule is CC1CCC(C(C)n2c(N3CCOC[C@@H]3C)nc3cc(-c4noc(=O)[nH]4)nc(-c4cncc(Cl)c4)c32)CC1. The number of H-pyrrole nitrogens is 1. The Bertz CT molecular complexity index is 1500. The summed E-state index contributed by atoms with van der Waals surface area (Å²) in [7, 11) is 0. The monoisotopic (exact) mass is 537 g/mol. The van der Waals surface area contributed by atoms with Crippen molar-refractivity contribution in [2.24, 2.45) is 11.8 Å². The van der Waals surface area contributed by atoms with E-state index in [1.54, 1.807) is 12.4 Å². The van der Waals surface area contributed by atoms with Gasteiger partial charge in [-0.25, -0.2) is 14.8 Å². The number of ether oxygens (including phenoxy) is 1. The number of halogens is 1. The van der Waals surface area contributed by atoms with Gasteiger partial charge in [-0.1, -0.05) is 36.5 Å². The third kappa shape index (κ3) is 4.60. The molecule has 1 saturated heterocycles. The first-order chi connectivity index (χ1) is 18.4. The molecule has 1 saturated carbocycles. The minimum absolute atomic E-state index is 0.175. The van der Waals surface area contributed by atoms with E-state index in [-0.39, 0.29) is 17.9 Å².